The number of morpholine rings is 1. The summed E-state index contributed by atoms with van der Waals surface area (Å²) in [6, 6.07) is 8.46. The van der Waals surface area contributed by atoms with E-state index in [9.17, 15) is 26.4 Å². The molecule has 1 saturated heterocycles. The maximum absolute atomic E-state index is 13.0. The average Bonchev–Trinajstić information content (AvgIpc) is 2.68. The van der Waals surface area contributed by atoms with Crippen molar-refractivity contribution in [1.29, 1.82) is 0 Å². The molecule has 3 rings (SSSR count). The minimum Gasteiger partial charge on any atom is -0.378 e. The van der Waals surface area contributed by atoms with Gasteiger partial charge in [0, 0.05) is 24.3 Å². The van der Waals surface area contributed by atoms with E-state index in [0.29, 0.717) is 31.9 Å². The van der Waals surface area contributed by atoms with E-state index in [-0.39, 0.29) is 22.1 Å². The fraction of sp³-hybridized carbons (Fsp3) is 0.316. The number of rotatable bonds is 4. The van der Waals surface area contributed by atoms with Crippen molar-refractivity contribution in [2.24, 2.45) is 0 Å². The van der Waals surface area contributed by atoms with Crippen molar-refractivity contribution in [1.82, 2.24) is 4.90 Å². The van der Waals surface area contributed by atoms with Crippen LogP contribution in [-0.4, -0.2) is 45.5 Å². The molecule has 1 fully saturated rings. The summed E-state index contributed by atoms with van der Waals surface area (Å²) in [7, 11) is -4.12. The Hall–Kier alpha value is -2.59. The lowest BCUT2D eigenvalue weighted by Crippen LogP contribution is -2.40. The van der Waals surface area contributed by atoms with Crippen LogP contribution in [0.2, 0.25) is 0 Å². The van der Waals surface area contributed by atoms with Gasteiger partial charge in [-0.1, -0.05) is 6.07 Å². The second kappa shape index (κ2) is 8.03. The lowest BCUT2D eigenvalue weighted by molar-refractivity contribution is -0.138. The number of benzene rings is 2. The van der Waals surface area contributed by atoms with Gasteiger partial charge in [-0.25, -0.2) is 8.42 Å². The number of sulfonamides is 1. The third-order valence-corrected chi connectivity index (χ3v) is 5.90. The van der Waals surface area contributed by atoms with Gasteiger partial charge in [0.1, 0.15) is 0 Å². The SMILES string of the molecule is Cc1ccc(NS(=O)(=O)c2ccc(C(=O)N3CCOCC3)cc2)cc1C(F)(F)F. The Bertz CT molecular complexity index is 999. The summed E-state index contributed by atoms with van der Waals surface area (Å²) >= 11 is 0. The van der Waals surface area contributed by atoms with Gasteiger partial charge in [0.25, 0.3) is 15.9 Å². The van der Waals surface area contributed by atoms with E-state index >= 15 is 0 Å². The molecule has 0 bridgehead atoms. The highest BCUT2D eigenvalue weighted by atomic mass is 32.2. The van der Waals surface area contributed by atoms with Crippen molar-refractivity contribution in [3.63, 3.8) is 0 Å². The molecule has 1 amide bonds. The van der Waals surface area contributed by atoms with Crippen LogP contribution >= 0.6 is 0 Å². The highest BCUT2D eigenvalue weighted by Gasteiger charge is 2.32. The predicted molar refractivity (Wildman–Crippen MR) is 100 cm³/mol. The molecule has 2 aromatic rings. The Labute approximate surface area is 166 Å². The molecule has 0 atom stereocenters. The average molecular weight is 428 g/mol. The number of hydrogen-bond acceptors (Lipinski definition) is 4. The van der Waals surface area contributed by atoms with E-state index in [1.54, 1.807) is 4.90 Å². The largest absolute Gasteiger partial charge is 0.416 e. The van der Waals surface area contributed by atoms with Gasteiger partial charge in [0.05, 0.1) is 23.7 Å². The summed E-state index contributed by atoms with van der Waals surface area (Å²) in [5, 5.41) is 0. The number of nitrogens with zero attached hydrogens (tertiary/aromatic N) is 1. The lowest BCUT2D eigenvalue weighted by atomic mass is 10.1. The van der Waals surface area contributed by atoms with Crippen molar-refractivity contribution in [2.75, 3.05) is 31.0 Å². The zero-order valence-corrected chi connectivity index (χ0v) is 16.3. The molecule has 0 saturated carbocycles. The molecular formula is C19H19F3N2O4S. The molecule has 1 aliphatic rings. The van der Waals surface area contributed by atoms with Gasteiger partial charge in [-0.2, -0.15) is 13.2 Å². The zero-order chi connectivity index (χ0) is 21.2. The highest BCUT2D eigenvalue weighted by Crippen LogP contribution is 2.34. The molecular weight excluding hydrogens is 409 g/mol. The maximum atomic E-state index is 13.0. The van der Waals surface area contributed by atoms with Crippen molar-refractivity contribution in [3.8, 4) is 0 Å². The smallest absolute Gasteiger partial charge is 0.378 e. The number of anilines is 1. The Morgan fingerprint density at radius 2 is 1.69 bits per heavy atom. The van der Waals surface area contributed by atoms with Crippen LogP contribution in [0.4, 0.5) is 18.9 Å². The van der Waals surface area contributed by atoms with Crippen molar-refractivity contribution in [2.45, 2.75) is 18.0 Å². The Kier molecular flexibility index (Phi) is 5.85. The molecule has 0 unspecified atom stereocenters. The van der Waals surface area contributed by atoms with Gasteiger partial charge in [0.2, 0.25) is 0 Å². The van der Waals surface area contributed by atoms with Crippen LogP contribution in [0.25, 0.3) is 0 Å². The minimum absolute atomic E-state index is 0.00794. The van der Waals surface area contributed by atoms with Crippen molar-refractivity contribution < 1.29 is 31.1 Å². The lowest BCUT2D eigenvalue weighted by Gasteiger charge is -2.26. The fourth-order valence-electron chi connectivity index (χ4n) is 2.93. The van der Waals surface area contributed by atoms with Crippen LogP contribution in [0.5, 0.6) is 0 Å². The number of ether oxygens (including phenoxy) is 1. The number of carbonyl (C=O) groups is 1. The van der Waals surface area contributed by atoms with Crippen molar-refractivity contribution >= 4 is 21.6 Å². The van der Waals surface area contributed by atoms with E-state index in [4.69, 9.17) is 4.74 Å². The minimum atomic E-state index is -4.59. The molecule has 0 radical (unpaired) electrons. The Balaban J connectivity index is 1.79. The first-order valence-corrected chi connectivity index (χ1v) is 10.2. The van der Waals surface area contributed by atoms with Gasteiger partial charge >= 0.3 is 6.18 Å². The molecule has 0 aromatic heterocycles. The van der Waals surface area contributed by atoms with Crippen LogP contribution in [0.1, 0.15) is 21.5 Å². The Morgan fingerprint density at radius 1 is 1.07 bits per heavy atom. The summed E-state index contributed by atoms with van der Waals surface area (Å²) in [5.41, 5.74) is -0.799. The first kappa shape index (κ1) is 21.1. The number of aryl methyl sites for hydroxylation is 1. The van der Waals surface area contributed by atoms with Gasteiger partial charge in [-0.3, -0.25) is 9.52 Å². The van der Waals surface area contributed by atoms with Crippen LogP contribution in [-0.2, 0) is 20.9 Å². The molecule has 1 aliphatic heterocycles. The molecule has 2 aromatic carbocycles. The number of halogens is 3. The van der Waals surface area contributed by atoms with Gasteiger partial charge < -0.3 is 9.64 Å². The molecule has 0 spiro atoms. The number of carbonyl (C=O) groups excluding carboxylic acids is 1. The van der Waals surface area contributed by atoms with E-state index in [1.807, 2.05) is 0 Å². The van der Waals surface area contributed by atoms with Crippen LogP contribution in [0.3, 0.4) is 0 Å². The molecule has 10 heteroatoms. The van der Waals surface area contributed by atoms with Gasteiger partial charge in [-0.15, -0.1) is 0 Å². The second-order valence-electron chi connectivity index (χ2n) is 6.56. The highest BCUT2D eigenvalue weighted by molar-refractivity contribution is 7.92. The van der Waals surface area contributed by atoms with Crippen molar-refractivity contribution in [3.05, 3.63) is 59.2 Å². The third kappa shape index (κ3) is 4.88. The number of hydrogen-bond donors (Lipinski definition) is 1. The quantitative estimate of drug-likeness (QED) is 0.811. The van der Waals surface area contributed by atoms with Gasteiger partial charge in [-0.05, 0) is 48.9 Å². The standard InChI is InChI=1S/C19H19F3N2O4S/c1-13-2-5-15(12-17(13)19(20,21)22)23-29(26,27)16-6-3-14(4-7-16)18(25)24-8-10-28-11-9-24/h2-7,12,23H,8-11H2,1H3. The monoisotopic (exact) mass is 428 g/mol. The molecule has 6 nitrogen and oxygen atoms in total. The van der Waals surface area contributed by atoms with E-state index in [2.05, 4.69) is 4.72 Å². The van der Waals surface area contributed by atoms with Gasteiger partial charge in [0.15, 0.2) is 0 Å². The van der Waals surface area contributed by atoms with Crippen LogP contribution < -0.4 is 4.72 Å². The first-order chi connectivity index (χ1) is 13.6. The predicted octanol–water partition coefficient (Wildman–Crippen LogP) is 3.29. The van der Waals surface area contributed by atoms with E-state index in [0.717, 1.165) is 6.07 Å². The van der Waals surface area contributed by atoms with E-state index < -0.39 is 21.8 Å². The summed E-state index contributed by atoms with van der Waals surface area (Å²) < 4.78 is 71.5. The second-order valence-corrected chi connectivity index (χ2v) is 8.24. The summed E-state index contributed by atoms with van der Waals surface area (Å²) in [5.74, 6) is -0.237. The summed E-state index contributed by atoms with van der Waals surface area (Å²) in [4.78, 5) is 13.9. The number of amides is 1. The zero-order valence-electron chi connectivity index (χ0n) is 15.5. The molecule has 1 heterocycles. The third-order valence-electron chi connectivity index (χ3n) is 4.51. The number of alkyl halides is 3. The van der Waals surface area contributed by atoms with Crippen LogP contribution in [0.15, 0.2) is 47.4 Å². The first-order valence-electron chi connectivity index (χ1n) is 8.76. The molecule has 0 aliphatic carbocycles. The fourth-order valence-corrected chi connectivity index (χ4v) is 3.98. The summed E-state index contributed by atoms with van der Waals surface area (Å²) in [6.07, 6.45) is -4.59. The molecule has 1 N–H and O–H groups in total. The number of nitrogens with one attached hydrogen (secondary N) is 1. The van der Waals surface area contributed by atoms with E-state index in [1.165, 1.54) is 43.3 Å². The Morgan fingerprint density at radius 3 is 2.28 bits per heavy atom. The normalized spacial score (nSPS) is 15.2. The molecule has 156 valence electrons. The summed E-state index contributed by atoms with van der Waals surface area (Å²) in [6.45, 7) is 3.09. The topological polar surface area (TPSA) is 75.7 Å². The van der Waals surface area contributed by atoms with Crippen LogP contribution in [0, 0.1) is 6.92 Å². The maximum Gasteiger partial charge on any atom is 0.416 e. The molecule has 29 heavy (non-hydrogen) atoms.